The minimum Gasteiger partial charge on any atom is -0.465 e. The molecule has 2 atom stereocenters. The molecule has 0 saturated carbocycles. The van der Waals surface area contributed by atoms with E-state index in [1.165, 1.54) is 7.11 Å². The molecule has 25 heavy (non-hydrogen) atoms. The smallest absolute Gasteiger partial charge is 0.410 e. The Morgan fingerprint density at radius 2 is 2.00 bits per heavy atom. The number of ether oxygens (including phenoxy) is 2. The standard InChI is InChI=1S/C18H22N2O5/c1-18(2,3)25-17(23)20-8-7-11-14(20)12-9-10(16(22)24-4)5-6-13(12)19-15(11)21/h5-6,9,11,14H,7-8H2,1-4H3,(H,19,21)/t11-,14+/m1/s1. The van der Waals surface area contributed by atoms with Crippen molar-refractivity contribution >= 4 is 23.7 Å². The molecule has 0 unspecified atom stereocenters. The number of nitrogens with one attached hydrogen (secondary N) is 1. The molecule has 7 heteroatoms. The highest BCUT2D eigenvalue weighted by Gasteiger charge is 2.47. The lowest BCUT2D eigenvalue weighted by atomic mass is 9.87. The number of amides is 2. The van der Waals surface area contributed by atoms with Crippen LogP contribution in [0.5, 0.6) is 0 Å². The van der Waals surface area contributed by atoms with Crippen molar-refractivity contribution in [1.82, 2.24) is 4.90 Å². The fourth-order valence-electron chi connectivity index (χ4n) is 3.37. The number of carbonyl (C=O) groups is 3. The maximum Gasteiger partial charge on any atom is 0.410 e. The molecule has 1 saturated heterocycles. The van der Waals surface area contributed by atoms with E-state index in [9.17, 15) is 14.4 Å². The second kappa shape index (κ2) is 6.06. The quantitative estimate of drug-likeness (QED) is 0.790. The van der Waals surface area contributed by atoms with Crippen LogP contribution in [-0.2, 0) is 14.3 Å². The number of hydrogen-bond acceptors (Lipinski definition) is 5. The Hall–Kier alpha value is -2.57. The Balaban J connectivity index is 1.99. The first-order valence-corrected chi connectivity index (χ1v) is 8.24. The van der Waals surface area contributed by atoms with E-state index in [4.69, 9.17) is 9.47 Å². The van der Waals surface area contributed by atoms with Crippen LogP contribution in [0.3, 0.4) is 0 Å². The van der Waals surface area contributed by atoms with Crippen LogP contribution in [-0.4, -0.2) is 42.1 Å². The second-order valence-electron chi connectivity index (χ2n) is 7.30. The molecule has 3 rings (SSSR count). The Morgan fingerprint density at radius 1 is 1.28 bits per heavy atom. The van der Waals surface area contributed by atoms with Crippen LogP contribution in [0.25, 0.3) is 0 Å². The van der Waals surface area contributed by atoms with Gasteiger partial charge in [0.05, 0.1) is 24.6 Å². The first-order valence-electron chi connectivity index (χ1n) is 8.24. The third-order valence-electron chi connectivity index (χ3n) is 4.41. The molecular formula is C18H22N2O5. The molecule has 0 radical (unpaired) electrons. The number of hydrogen-bond donors (Lipinski definition) is 1. The minimum atomic E-state index is -0.622. The van der Waals surface area contributed by atoms with Crippen molar-refractivity contribution in [3.63, 3.8) is 0 Å². The van der Waals surface area contributed by atoms with Crippen LogP contribution < -0.4 is 5.32 Å². The molecule has 1 N–H and O–H groups in total. The maximum absolute atomic E-state index is 12.6. The summed E-state index contributed by atoms with van der Waals surface area (Å²) in [6.07, 6.45) is 0.0987. The molecule has 1 fully saturated rings. The van der Waals surface area contributed by atoms with Gasteiger partial charge in [-0.05, 0) is 51.0 Å². The summed E-state index contributed by atoms with van der Waals surface area (Å²) in [6.45, 7) is 5.83. The van der Waals surface area contributed by atoms with E-state index >= 15 is 0 Å². The van der Waals surface area contributed by atoms with Crippen LogP contribution in [0, 0.1) is 5.92 Å². The number of anilines is 1. The number of likely N-dealkylation sites (tertiary alicyclic amines) is 1. The highest BCUT2D eigenvalue weighted by atomic mass is 16.6. The van der Waals surface area contributed by atoms with Crippen molar-refractivity contribution in [1.29, 1.82) is 0 Å². The van der Waals surface area contributed by atoms with E-state index in [0.29, 0.717) is 24.2 Å². The monoisotopic (exact) mass is 346 g/mol. The van der Waals surface area contributed by atoms with E-state index in [-0.39, 0.29) is 11.8 Å². The van der Waals surface area contributed by atoms with E-state index in [1.54, 1.807) is 43.9 Å². The summed E-state index contributed by atoms with van der Waals surface area (Å²) in [5, 5.41) is 2.85. The molecule has 0 bridgehead atoms. The average molecular weight is 346 g/mol. The van der Waals surface area contributed by atoms with Crippen molar-refractivity contribution in [2.24, 2.45) is 5.92 Å². The van der Waals surface area contributed by atoms with E-state index in [0.717, 1.165) is 5.56 Å². The van der Waals surface area contributed by atoms with Crippen molar-refractivity contribution in [3.05, 3.63) is 29.3 Å². The maximum atomic E-state index is 12.6. The molecule has 1 aromatic rings. The molecular weight excluding hydrogens is 324 g/mol. The molecule has 1 aromatic carbocycles. The van der Waals surface area contributed by atoms with E-state index in [2.05, 4.69) is 5.32 Å². The van der Waals surface area contributed by atoms with Gasteiger partial charge in [0.2, 0.25) is 5.91 Å². The summed E-state index contributed by atoms with van der Waals surface area (Å²) in [5.74, 6) is -0.930. The highest BCUT2D eigenvalue weighted by molar-refractivity contribution is 5.99. The van der Waals surface area contributed by atoms with Crippen molar-refractivity contribution in [3.8, 4) is 0 Å². The van der Waals surface area contributed by atoms with Gasteiger partial charge in [0, 0.05) is 12.2 Å². The molecule has 2 aliphatic heterocycles. The Kier molecular flexibility index (Phi) is 4.18. The van der Waals surface area contributed by atoms with Gasteiger partial charge in [0.25, 0.3) is 0 Å². The number of rotatable bonds is 1. The summed E-state index contributed by atoms with van der Waals surface area (Å²) >= 11 is 0. The van der Waals surface area contributed by atoms with Crippen LogP contribution in [0.15, 0.2) is 18.2 Å². The van der Waals surface area contributed by atoms with Crippen molar-refractivity contribution < 1.29 is 23.9 Å². The third-order valence-corrected chi connectivity index (χ3v) is 4.41. The van der Waals surface area contributed by atoms with Crippen molar-refractivity contribution in [2.75, 3.05) is 19.0 Å². The first kappa shape index (κ1) is 17.3. The van der Waals surface area contributed by atoms with Gasteiger partial charge >= 0.3 is 12.1 Å². The lowest BCUT2D eigenvalue weighted by Gasteiger charge is -2.34. The topological polar surface area (TPSA) is 84.9 Å². The predicted molar refractivity (Wildman–Crippen MR) is 90.2 cm³/mol. The Morgan fingerprint density at radius 3 is 2.64 bits per heavy atom. The lowest BCUT2D eigenvalue weighted by Crippen LogP contribution is -2.41. The van der Waals surface area contributed by atoms with Gasteiger partial charge in [0.1, 0.15) is 5.60 Å². The van der Waals surface area contributed by atoms with E-state index < -0.39 is 23.7 Å². The molecule has 2 heterocycles. The predicted octanol–water partition coefficient (Wildman–Crippen LogP) is 2.72. The van der Waals surface area contributed by atoms with Gasteiger partial charge in [0.15, 0.2) is 0 Å². The van der Waals surface area contributed by atoms with Gasteiger partial charge in [-0.1, -0.05) is 0 Å². The van der Waals surface area contributed by atoms with Crippen LogP contribution in [0.1, 0.15) is 49.2 Å². The van der Waals surface area contributed by atoms with Crippen LogP contribution in [0.4, 0.5) is 10.5 Å². The van der Waals surface area contributed by atoms with Gasteiger partial charge in [-0.2, -0.15) is 0 Å². The molecule has 134 valence electrons. The summed E-state index contributed by atoms with van der Waals surface area (Å²) in [4.78, 5) is 38.4. The van der Waals surface area contributed by atoms with Gasteiger partial charge in [-0.25, -0.2) is 9.59 Å². The molecule has 2 aliphatic rings. The first-order chi connectivity index (χ1) is 11.7. The largest absolute Gasteiger partial charge is 0.465 e. The van der Waals surface area contributed by atoms with Gasteiger partial charge < -0.3 is 19.7 Å². The highest BCUT2D eigenvalue weighted by Crippen LogP contribution is 2.45. The number of nitrogens with zero attached hydrogens (tertiary/aromatic N) is 1. The number of esters is 1. The van der Waals surface area contributed by atoms with E-state index in [1.807, 2.05) is 0 Å². The summed E-state index contributed by atoms with van der Waals surface area (Å²) < 4.78 is 10.3. The summed E-state index contributed by atoms with van der Waals surface area (Å²) in [7, 11) is 1.31. The molecule has 7 nitrogen and oxygen atoms in total. The summed E-state index contributed by atoms with van der Waals surface area (Å²) in [6, 6.07) is 4.50. The normalized spacial score (nSPS) is 21.9. The zero-order chi connectivity index (χ0) is 18.4. The number of methoxy groups -OCH3 is 1. The minimum absolute atomic E-state index is 0.116. The summed E-state index contributed by atoms with van der Waals surface area (Å²) in [5.41, 5.74) is 1.10. The molecule has 2 amide bonds. The average Bonchev–Trinajstić information content (AvgIpc) is 2.98. The van der Waals surface area contributed by atoms with Crippen LogP contribution in [0.2, 0.25) is 0 Å². The van der Waals surface area contributed by atoms with Gasteiger partial charge in [-0.3, -0.25) is 4.79 Å². The Labute approximate surface area is 146 Å². The molecule has 0 spiro atoms. The van der Waals surface area contributed by atoms with Gasteiger partial charge in [-0.15, -0.1) is 0 Å². The zero-order valence-corrected chi connectivity index (χ0v) is 14.8. The molecule has 0 aromatic heterocycles. The number of fused-ring (bicyclic) bond motifs is 3. The number of carbonyl (C=O) groups excluding carboxylic acids is 3. The fraction of sp³-hybridized carbons (Fsp3) is 0.500. The third kappa shape index (κ3) is 3.18. The Bertz CT molecular complexity index is 737. The number of benzene rings is 1. The SMILES string of the molecule is COC(=O)c1ccc2c(c1)[C@@H]1[C@@H](CCN1C(=O)OC(C)(C)C)C(=O)N2. The molecule has 0 aliphatic carbocycles. The van der Waals surface area contributed by atoms with Crippen molar-refractivity contribution in [2.45, 2.75) is 38.8 Å². The fourth-order valence-corrected chi connectivity index (χ4v) is 3.37. The second-order valence-corrected chi connectivity index (χ2v) is 7.30. The lowest BCUT2D eigenvalue weighted by molar-refractivity contribution is -0.121. The van der Waals surface area contributed by atoms with Crippen LogP contribution >= 0.6 is 0 Å². The zero-order valence-electron chi connectivity index (χ0n) is 14.8.